The van der Waals surface area contributed by atoms with E-state index in [0.717, 1.165) is 19.4 Å². The van der Waals surface area contributed by atoms with Crippen LogP contribution in [0.2, 0.25) is 0 Å². The molecule has 2 heteroatoms. The summed E-state index contributed by atoms with van der Waals surface area (Å²) >= 11 is 1.92. The van der Waals surface area contributed by atoms with Crippen molar-refractivity contribution in [1.29, 1.82) is 0 Å². The average Bonchev–Trinajstić information content (AvgIpc) is 2.90. The number of aryl methyl sites for hydroxylation is 1. The van der Waals surface area contributed by atoms with Crippen LogP contribution in [0.4, 0.5) is 0 Å². The quantitative estimate of drug-likeness (QED) is 0.417. The molecular formula is C17H29NS. The molecule has 1 aromatic rings. The molecule has 19 heavy (non-hydrogen) atoms. The molecule has 0 saturated heterocycles. The van der Waals surface area contributed by atoms with Crippen LogP contribution in [0.5, 0.6) is 0 Å². The lowest BCUT2D eigenvalue weighted by molar-refractivity contribution is 0.476. The van der Waals surface area contributed by atoms with E-state index in [0.29, 0.717) is 6.04 Å². The number of hydrogen-bond acceptors (Lipinski definition) is 2. The second kappa shape index (κ2) is 10.2. The number of allylic oxidation sites excluding steroid dienone is 1. The third-order valence-corrected chi connectivity index (χ3v) is 4.59. The fourth-order valence-electron chi connectivity index (χ4n) is 2.40. The lowest BCUT2D eigenvalue weighted by atomic mass is 10.0. The van der Waals surface area contributed by atoms with Crippen LogP contribution in [0.3, 0.4) is 0 Å². The van der Waals surface area contributed by atoms with Crippen molar-refractivity contribution in [1.82, 2.24) is 5.32 Å². The first kappa shape index (κ1) is 16.5. The molecule has 1 atom stereocenters. The highest BCUT2D eigenvalue weighted by atomic mass is 32.1. The number of nitrogens with one attached hydrogen (secondary N) is 1. The van der Waals surface area contributed by atoms with Crippen molar-refractivity contribution >= 4 is 11.3 Å². The number of hydrogen-bond donors (Lipinski definition) is 1. The molecule has 1 rings (SSSR count). The monoisotopic (exact) mass is 279 g/mol. The zero-order chi connectivity index (χ0) is 13.9. The van der Waals surface area contributed by atoms with Gasteiger partial charge >= 0.3 is 0 Å². The number of rotatable bonds is 11. The Morgan fingerprint density at radius 2 is 2.16 bits per heavy atom. The molecule has 0 aromatic carbocycles. The van der Waals surface area contributed by atoms with Gasteiger partial charge in [-0.3, -0.25) is 0 Å². The molecule has 1 N–H and O–H groups in total. The van der Waals surface area contributed by atoms with Crippen LogP contribution in [0.1, 0.15) is 68.9 Å². The maximum absolute atomic E-state index is 3.79. The van der Waals surface area contributed by atoms with E-state index in [2.05, 4.69) is 37.2 Å². The van der Waals surface area contributed by atoms with Gasteiger partial charge in [0.25, 0.3) is 0 Å². The molecular weight excluding hydrogens is 250 g/mol. The summed E-state index contributed by atoms with van der Waals surface area (Å²) < 4.78 is 0. The van der Waals surface area contributed by atoms with Crippen LogP contribution in [0, 0.1) is 0 Å². The Morgan fingerprint density at radius 1 is 1.32 bits per heavy atom. The van der Waals surface area contributed by atoms with Gasteiger partial charge in [0.05, 0.1) is 0 Å². The van der Waals surface area contributed by atoms with Crippen LogP contribution in [-0.2, 0) is 6.42 Å². The largest absolute Gasteiger partial charge is 0.309 e. The van der Waals surface area contributed by atoms with E-state index in [9.17, 15) is 0 Å². The predicted molar refractivity (Wildman–Crippen MR) is 88.0 cm³/mol. The minimum absolute atomic E-state index is 0.568. The van der Waals surface area contributed by atoms with Crippen molar-refractivity contribution in [2.24, 2.45) is 0 Å². The van der Waals surface area contributed by atoms with Crippen molar-refractivity contribution < 1.29 is 0 Å². The lowest BCUT2D eigenvalue weighted by Gasteiger charge is -2.19. The van der Waals surface area contributed by atoms with E-state index < -0.39 is 0 Å². The molecule has 0 aliphatic rings. The zero-order valence-corrected chi connectivity index (χ0v) is 13.4. The summed E-state index contributed by atoms with van der Waals surface area (Å²) in [4.78, 5) is 1.57. The summed E-state index contributed by atoms with van der Waals surface area (Å²) in [5.41, 5.74) is 1.53. The van der Waals surface area contributed by atoms with Gasteiger partial charge in [-0.05, 0) is 55.7 Å². The Labute approximate surface area is 123 Å². The fraction of sp³-hybridized carbons (Fsp3) is 0.647. The van der Waals surface area contributed by atoms with E-state index in [1.165, 1.54) is 37.7 Å². The molecule has 0 fully saturated rings. The third-order valence-electron chi connectivity index (χ3n) is 3.52. The molecule has 0 aliphatic carbocycles. The molecule has 0 saturated carbocycles. The summed E-state index contributed by atoms with van der Waals surface area (Å²) in [5.74, 6) is 0. The van der Waals surface area contributed by atoms with Gasteiger partial charge in [0.15, 0.2) is 0 Å². The maximum Gasteiger partial charge on any atom is 0.0417 e. The SMILES string of the molecule is C=CCCCCCC(NCCC)c1sccc1CC. The Bertz CT molecular complexity index is 343. The molecule has 0 amide bonds. The summed E-state index contributed by atoms with van der Waals surface area (Å²) in [6.45, 7) is 9.41. The van der Waals surface area contributed by atoms with E-state index >= 15 is 0 Å². The van der Waals surface area contributed by atoms with Crippen molar-refractivity contribution in [2.45, 2.75) is 64.8 Å². The number of unbranched alkanes of at least 4 members (excludes halogenated alkanes) is 3. The Morgan fingerprint density at radius 3 is 2.84 bits per heavy atom. The van der Waals surface area contributed by atoms with Gasteiger partial charge < -0.3 is 5.32 Å². The molecule has 1 unspecified atom stereocenters. The van der Waals surface area contributed by atoms with Gasteiger partial charge in [0, 0.05) is 10.9 Å². The molecule has 0 aliphatic heterocycles. The van der Waals surface area contributed by atoms with Gasteiger partial charge in [0.1, 0.15) is 0 Å². The first-order valence-electron chi connectivity index (χ1n) is 7.74. The lowest BCUT2D eigenvalue weighted by Crippen LogP contribution is -2.22. The summed E-state index contributed by atoms with van der Waals surface area (Å²) in [5, 5.41) is 5.97. The second-order valence-electron chi connectivity index (χ2n) is 5.10. The molecule has 0 radical (unpaired) electrons. The van der Waals surface area contributed by atoms with Crippen LogP contribution in [0.15, 0.2) is 24.1 Å². The standard InChI is InChI=1S/C17H29NS/c1-4-7-8-9-10-11-16(18-13-5-2)17-15(6-3)12-14-19-17/h4,12,14,16,18H,1,5-11,13H2,2-3H3. The van der Waals surface area contributed by atoms with Gasteiger partial charge in [-0.25, -0.2) is 0 Å². The van der Waals surface area contributed by atoms with Crippen LogP contribution in [0.25, 0.3) is 0 Å². The highest BCUT2D eigenvalue weighted by Crippen LogP contribution is 2.29. The summed E-state index contributed by atoms with van der Waals surface area (Å²) in [6.07, 6.45) is 10.7. The van der Waals surface area contributed by atoms with Crippen molar-refractivity contribution in [3.8, 4) is 0 Å². The van der Waals surface area contributed by atoms with Gasteiger partial charge in [0.2, 0.25) is 0 Å². The molecule has 0 spiro atoms. The van der Waals surface area contributed by atoms with Crippen molar-refractivity contribution in [3.05, 3.63) is 34.5 Å². The minimum atomic E-state index is 0.568. The summed E-state index contributed by atoms with van der Waals surface area (Å²) in [7, 11) is 0. The van der Waals surface area contributed by atoms with Crippen LogP contribution in [-0.4, -0.2) is 6.54 Å². The molecule has 1 aromatic heterocycles. The van der Waals surface area contributed by atoms with E-state index in [1.807, 2.05) is 17.4 Å². The number of thiophene rings is 1. The fourth-order valence-corrected chi connectivity index (χ4v) is 3.51. The third kappa shape index (κ3) is 5.92. The van der Waals surface area contributed by atoms with E-state index in [1.54, 1.807) is 4.88 Å². The molecule has 1 nitrogen and oxygen atoms in total. The van der Waals surface area contributed by atoms with E-state index in [-0.39, 0.29) is 0 Å². The first-order valence-corrected chi connectivity index (χ1v) is 8.61. The topological polar surface area (TPSA) is 12.0 Å². The van der Waals surface area contributed by atoms with Crippen molar-refractivity contribution in [3.63, 3.8) is 0 Å². The van der Waals surface area contributed by atoms with Crippen LogP contribution >= 0.6 is 11.3 Å². The smallest absolute Gasteiger partial charge is 0.0417 e. The molecule has 108 valence electrons. The Hall–Kier alpha value is -0.600. The predicted octanol–water partition coefficient (Wildman–Crippen LogP) is 5.49. The molecule has 0 bridgehead atoms. The zero-order valence-electron chi connectivity index (χ0n) is 12.6. The van der Waals surface area contributed by atoms with Gasteiger partial charge in [-0.1, -0.05) is 32.8 Å². The average molecular weight is 279 g/mol. The summed E-state index contributed by atoms with van der Waals surface area (Å²) in [6, 6.07) is 2.86. The second-order valence-corrected chi connectivity index (χ2v) is 6.04. The normalized spacial score (nSPS) is 12.5. The minimum Gasteiger partial charge on any atom is -0.309 e. The van der Waals surface area contributed by atoms with Gasteiger partial charge in [-0.2, -0.15) is 0 Å². The van der Waals surface area contributed by atoms with Crippen LogP contribution < -0.4 is 5.32 Å². The maximum atomic E-state index is 3.79. The van der Waals surface area contributed by atoms with Crippen molar-refractivity contribution in [2.75, 3.05) is 6.54 Å². The Kier molecular flexibility index (Phi) is 8.85. The highest BCUT2D eigenvalue weighted by molar-refractivity contribution is 7.10. The first-order chi connectivity index (χ1) is 9.33. The molecule has 1 heterocycles. The Balaban J connectivity index is 2.49. The van der Waals surface area contributed by atoms with E-state index in [4.69, 9.17) is 0 Å². The van der Waals surface area contributed by atoms with Gasteiger partial charge in [-0.15, -0.1) is 17.9 Å². The highest BCUT2D eigenvalue weighted by Gasteiger charge is 2.14.